The van der Waals surface area contributed by atoms with E-state index in [1.54, 1.807) is 12.1 Å². The number of hydrogen-bond acceptors (Lipinski definition) is 3. The zero-order valence-electron chi connectivity index (χ0n) is 11.2. The summed E-state index contributed by atoms with van der Waals surface area (Å²) < 4.78 is 0.254. The first-order valence-electron chi connectivity index (χ1n) is 6.06. The average molecular weight is 253 g/mol. The molecule has 0 radical (unpaired) electrons. The minimum atomic E-state index is 0.254. The maximum absolute atomic E-state index is 9.28. The van der Waals surface area contributed by atoms with Crippen molar-refractivity contribution in [2.24, 2.45) is 0 Å². The Morgan fingerprint density at radius 3 is 2.35 bits per heavy atom. The zero-order chi connectivity index (χ0) is 12.9. The Hall–Kier alpha value is -0.670. The van der Waals surface area contributed by atoms with Crippen LogP contribution in [0.2, 0.25) is 0 Å². The molecule has 0 amide bonds. The smallest absolute Gasteiger partial charge is 0.115 e. The van der Waals surface area contributed by atoms with Crippen LogP contribution in [0.1, 0.15) is 38.8 Å². The fourth-order valence-corrected chi connectivity index (χ4v) is 1.87. The number of aromatic hydroxyl groups is 1. The molecule has 0 aromatic heterocycles. The summed E-state index contributed by atoms with van der Waals surface area (Å²) >= 11 is 1.87. The third kappa shape index (κ3) is 4.60. The monoisotopic (exact) mass is 253 g/mol. The first kappa shape index (κ1) is 14.4. The third-order valence-corrected chi connectivity index (χ3v) is 4.28. The van der Waals surface area contributed by atoms with Gasteiger partial charge in [-0.25, -0.2) is 0 Å². The molecule has 0 aliphatic heterocycles. The summed E-state index contributed by atoms with van der Waals surface area (Å²) in [6, 6.07) is 7.84. The molecule has 1 aromatic carbocycles. The van der Waals surface area contributed by atoms with Crippen LogP contribution in [0.3, 0.4) is 0 Å². The number of phenolic OH excluding ortho intramolecular Hbond substituents is 1. The number of benzene rings is 1. The first-order valence-corrected chi connectivity index (χ1v) is 7.28. The molecule has 0 spiro atoms. The molecule has 0 aliphatic rings. The lowest BCUT2D eigenvalue weighted by molar-refractivity contribution is 0.470. The number of phenols is 1. The van der Waals surface area contributed by atoms with E-state index in [1.807, 2.05) is 23.9 Å². The van der Waals surface area contributed by atoms with Crippen LogP contribution >= 0.6 is 11.8 Å². The van der Waals surface area contributed by atoms with Gasteiger partial charge < -0.3 is 10.4 Å². The Labute approximate surface area is 109 Å². The molecule has 2 N–H and O–H groups in total. The molecule has 0 bridgehead atoms. The lowest BCUT2D eigenvalue weighted by Gasteiger charge is -2.26. The Bertz CT molecular complexity index is 335. The maximum Gasteiger partial charge on any atom is 0.115 e. The molecule has 2 nitrogen and oxygen atoms in total. The number of rotatable bonds is 6. The van der Waals surface area contributed by atoms with Crippen molar-refractivity contribution in [1.29, 1.82) is 0 Å². The largest absolute Gasteiger partial charge is 0.508 e. The van der Waals surface area contributed by atoms with Crippen LogP contribution in [0.4, 0.5) is 0 Å². The highest BCUT2D eigenvalue weighted by atomic mass is 32.2. The van der Waals surface area contributed by atoms with Gasteiger partial charge in [0.1, 0.15) is 5.75 Å². The predicted octanol–water partition coefficient (Wildman–Crippen LogP) is 3.57. The topological polar surface area (TPSA) is 32.3 Å². The second-order valence-corrected chi connectivity index (χ2v) is 6.41. The molecular formula is C14H23NOS. The van der Waals surface area contributed by atoms with Crippen LogP contribution in [0, 0.1) is 0 Å². The normalized spacial score (nSPS) is 13.6. The summed E-state index contributed by atoms with van der Waals surface area (Å²) in [6.07, 6.45) is 3.19. The number of nitrogens with one attached hydrogen (secondary N) is 1. The van der Waals surface area contributed by atoms with Gasteiger partial charge in [0.25, 0.3) is 0 Å². The van der Waals surface area contributed by atoms with Gasteiger partial charge in [0.2, 0.25) is 0 Å². The van der Waals surface area contributed by atoms with E-state index in [4.69, 9.17) is 0 Å². The van der Waals surface area contributed by atoms with Gasteiger partial charge in [-0.15, -0.1) is 0 Å². The van der Waals surface area contributed by atoms with E-state index in [9.17, 15) is 5.11 Å². The molecule has 1 unspecified atom stereocenters. The van der Waals surface area contributed by atoms with Crippen molar-refractivity contribution in [3.05, 3.63) is 29.8 Å². The summed E-state index contributed by atoms with van der Waals surface area (Å²) in [6.45, 7) is 7.65. The van der Waals surface area contributed by atoms with E-state index in [2.05, 4.69) is 32.3 Å². The number of thioether (sulfide) groups is 1. The zero-order valence-corrected chi connectivity index (χ0v) is 12.0. The van der Waals surface area contributed by atoms with E-state index in [0.717, 1.165) is 13.0 Å². The van der Waals surface area contributed by atoms with Crippen LogP contribution in [0.5, 0.6) is 5.75 Å². The quantitative estimate of drug-likeness (QED) is 0.813. The molecular weight excluding hydrogens is 230 g/mol. The Balaban J connectivity index is 2.63. The average Bonchev–Trinajstić information content (AvgIpc) is 2.32. The van der Waals surface area contributed by atoms with Gasteiger partial charge in [0.15, 0.2) is 0 Å². The van der Waals surface area contributed by atoms with Gasteiger partial charge in [0.05, 0.1) is 0 Å². The van der Waals surface area contributed by atoms with Crippen molar-refractivity contribution in [2.75, 3.05) is 12.8 Å². The van der Waals surface area contributed by atoms with Gasteiger partial charge in [-0.3, -0.25) is 0 Å². The van der Waals surface area contributed by atoms with Crippen molar-refractivity contribution < 1.29 is 5.11 Å². The molecule has 0 fully saturated rings. The Morgan fingerprint density at radius 2 is 1.88 bits per heavy atom. The summed E-state index contributed by atoms with van der Waals surface area (Å²) in [5.41, 5.74) is 1.24. The predicted molar refractivity (Wildman–Crippen MR) is 76.7 cm³/mol. The summed E-state index contributed by atoms with van der Waals surface area (Å²) in [7, 11) is 0. The van der Waals surface area contributed by atoms with Gasteiger partial charge in [0, 0.05) is 17.3 Å². The highest BCUT2D eigenvalue weighted by Crippen LogP contribution is 2.23. The molecule has 17 heavy (non-hydrogen) atoms. The standard InChI is InChI=1S/C14H23NOS/c1-5-13(15-10-14(2,3)17-4)11-6-8-12(16)9-7-11/h6-9,13,15-16H,5,10H2,1-4H3. The van der Waals surface area contributed by atoms with Gasteiger partial charge in [-0.05, 0) is 44.2 Å². The van der Waals surface area contributed by atoms with Crippen molar-refractivity contribution in [1.82, 2.24) is 5.32 Å². The van der Waals surface area contributed by atoms with Crippen molar-refractivity contribution >= 4 is 11.8 Å². The summed E-state index contributed by atoms with van der Waals surface area (Å²) in [4.78, 5) is 0. The highest BCUT2D eigenvalue weighted by Gasteiger charge is 2.18. The van der Waals surface area contributed by atoms with Crippen LogP contribution in [-0.4, -0.2) is 22.7 Å². The second kappa shape index (κ2) is 6.31. The van der Waals surface area contributed by atoms with E-state index >= 15 is 0 Å². The molecule has 96 valence electrons. The van der Waals surface area contributed by atoms with Gasteiger partial charge in [-0.1, -0.05) is 19.1 Å². The fourth-order valence-electron chi connectivity index (χ4n) is 1.65. The van der Waals surface area contributed by atoms with Gasteiger partial charge >= 0.3 is 0 Å². The van der Waals surface area contributed by atoms with Crippen LogP contribution in [0.15, 0.2) is 24.3 Å². The SMILES string of the molecule is CCC(NCC(C)(C)SC)c1ccc(O)cc1. The maximum atomic E-state index is 9.28. The Kier molecular flexibility index (Phi) is 5.34. The van der Waals surface area contributed by atoms with Crippen molar-refractivity contribution in [3.8, 4) is 5.75 Å². The highest BCUT2D eigenvalue weighted by molar-refractivity contribution is 7.99. The molecule has 1 atom stereocenters. The second-order valence-electron chi connectivity index (χ2n) is 4.90. The molecule has 0 saturated carbocycles. The molecule has 0 saturated heterocycles. The lowest BCUT2D eigenvalue weighted by Crippen LogP contribution is -2.34. The lowest BCUT2D eigenvalue weighted by atomic mass is 10.0. The summed E-state index contributed by atoms with van der Waals surface area (Å²) in [5.74, 6) is 0.327. The van der Waals surface area contributed by atoms with Gasteiger partial charge in [-0.2, -0.15) is 11.8 Å². The molecule has 0 heterocycles. The molecule has 1 aromatic rings. The third-order valence-electron chi connectivity index (χ3n) is 3.03. The van der Waals surface area contributed by atoms with Crippen LogP contribution in [0.25, 0.3) is 0 Å². The van der Waals surface area contributed by atoms with E-state index in [0.29, 0.717) is 11.8 Å². The summed E-state index contributed by atoms with van der Waals surface area (Å²) in [5, 5.41) is 12.9. The fraction of sp³-hybridized carbons (Fsp3) is 0.571. The first-order chi connectivity index (χ1) is 7.98. The van der Waals surface area contributed by atoms with E-state index in [-0.39, 0.29) is 4.75 Å². The minimum absolute atomic E-state index is 0.254. The molecule has 1 rings (SSSR count). The van der Waals surface area contributed by atoms with Crippen LogP contribution in [-0.2, 0) is 0 Å². The molecule has 0 aliphatic carbocycles. The van der Waals surface area contributed by atoms with Crippen molar-refractivity contribution in [2.45, 2.75) is 38.0 Å². The van der Waals surface area contributed by atoms with Crippen molar-refractivity contribution in [3.63, 3.8) is 0 Å². The van der Waals surface area contributed by atoms with E-state index in [1.165, 1.54) is 5.56 Å². The van der Waals surface area contributed by atoms with Crippen LogP contribution < -0.4 is 5.32 Å². The Morgan fingerprint density at radius 1 is 1.29 bits per heavy atom. The number of hydrogen-bond donors (Lipinski definition) is 2. The van der Waals surface area contributed by atoms with E-state index < -0.39 is 0 Å². The minimum Gasteiger partial charge on any atom is -0.508 e. The molecule has 3 heteroatoms.